The SMILES string of the molecule is COc1ccc(C=CC(=O)C(C(=O)c2ccccc2)=C2SCCCCS2)cc1. The summed E-state index contributed by atoms with van der Waals surface area (Å²) >= 11 is 3.24. The molecule has 0 saturated carbocycles. The highest BCUT2D eigenvalue weighted by Crippen LogP contribution is 2.37. The van der Waals surface area contributed by atoms with Crippen molar-refractivity contribution < 1.29 is 14.3 Å². The van der Waals surface area contributed by atoms with Crippen LogP contribution in [0.1, 0.15) is 28.8 Å². The highest BCUT2D eigenvalue weighted by atomic mass is 32.2. The second-order valence-corrected chi connectivity index (χ2v) is 8.70. The van der Waals surface area contributed by atoms with E-state index in [1.54, 1.807) is 48.8 Å². The van der Waals surface area contributed by atoms with Gasteiger partial charge < -0.3 is 4.74 Å². The smallest absolute Gasteiger partial charge is 0.198 e. The van der Waals surface area contributed by atoms with E-state index in [0.717, 1.165) is 39.9 Å². The van der Waals surface area contributed by atoms with E-state index < -0.39 is 0 Å². The topological polar surface area (TPSA) is 43.4 Å². The van der Waals surface area contributed by atoms with Gasteiger partial charge in [-0.2, -0.15) is 0 Å². The predicted octanol–water partition coefficient (Wildman–Crippen LogP) is 5.63. The van der Waals surface area contributed by atoms with E-state index in [1.807, 2.05) is 42.5 Å². The van der Waals surface area contributed by atoms with Crippen molar-refractivity contribution in [1.29, 1.82) is 0 Å². The summed E-state index contributed by atoms with van der Waals surface area (Å²) in [6, 6.07) is 16.5. The summed E-state index contributed by atoms with van der Waals surface area (Å²) < 4.78 is 6.00. The fourth-order valence-electron chi connectivity index (χ4n) is 2.73. The van der Waals surface area contributed by atoms with Crippen LogP contribution in [-0.2, 0) is 4.79 Å². The summed E-state index contributed by atoms with van der Waals surface area (Å²) in [6.45, 7) is 0. The van der Waals surface area contributed by atoms with Crippen molar-refractivity contribution in [3.8, 4) is 5.75 Å². The fraction of sp³-hybridized carbons (Fsp3) is 0.217. The minimum Gasteiger partial charge on any atom is -0.497 e. The Morgan fingerprint density at radius 2 is 1.57 bits per heavy atom. The van der Waals surface area contributed by atoms with Crippen LogP contribution in [0.4, 0.5) is 0 Å². The molecule has 0 spiro atoms. The van der Waals surface area contributed by atoms with E-state index in [0.29, 0.717) is 5.56 Å². The lowest BCUT2D eigenvalue weighted by Gasteiger charge is -2.10. The Morgan fingerprint density at radius 1 is 0.929 bits per heavy atom. The number of allylic oxidation sites excluding steroid dienone is 2. The van der Waals surface area contributed by atoms with E-state index >= 15 is 0 Å². The number of benzene rings is 2. The molecule has 1 heterocycles. The molecule has 2 aromatic rings. The maximum atomic E-state index is 13.1. The van der Waals surface area contributed by atoms with Gasteiger partial charge in [0.2, 0.25) is 0 Å². The third-order valence-corrected chi connectivity index (χ3v) is 6.89. The van der Waals surface area contributed by atoms with E-state index in [9.17, 15) is 9.59 Å². The first-order valence-electron chi connectivity index (χ1n) is 9.15. The van der Waals surface area contributed by atoms with Crippen molar-refractivity contribution in [1.82, 2.24) is 0 Å². The van der Waals surface area contributed by atoms with Crippen molar-refractivity contribution in [2.75, 3.05) is 18.6 Å². The second-order valence-electron chi connectivity index (χ2n) is 6.23. The van der Waals surface area contributed by atoms with Crippen molar-refractivity contribution in [2.45, 2.75) is 12.8 Å². The molecule has 1 fully saturated rings. The van der Waals surface area contributed by atoms with Crippen molar-refractivity contribution in [3.63, 3.8) is 0 Å². The molecular weight excluding hydrogens is 388 g/mol. The van der Waals surface area contributed by atoms with Crippen molar-refractivity contribution >= 4 is 41.2 Å². The van der Waals surface area contributed by atoms with Crippen LogP contribution < -0.4 is 4.74 Å². The summed E-state index contributed by atoms with van der Waals surface area (Å²) in [4.78, 5) is 26.2. The summed E-state index contributed by atoms with van der Waals surface area (Å²) in [5, 5.41) is 0. The van der Waals surface area contributed by atoms with Gasteiger partial charge in [-0.1, -0.05) is 48.5 Å². The number of Topliss-reactive ketones (excluding diaryl/α,β-unsaturated/α-hetero) is 1. The summed E-state index contributed by atoms with van der Waals surface area (Å²) in [5.41, 5.74) is 1.71. The molecule has 1 aliphatic rings. The van der Waals surface area contributed by atoms with E-state index in [2.05, 4.69) is 0 Å². The van der Waals surface area contributed by atoms with Crippen molar-refractivity contribution in [2.24, 2.45) is 0 Å². The number of rotatable bonds is 6. The first-order chi connectivity index (χ1) is 13.7. The Bertz CT molecular complexity index is 874. The van der Waals surface area contributed by atoms with Gasteiger partial charge >= 0.3 is 0 Å². The molecule has 0 aromatic heterocycles. The molecule has 28 heavy (non-hydrogen) atoms. The zero-order valence-electron chi connectivity index (χ0n) is 15.7. The molecule has 0 bridgehead atoms. The molecule has 144 valence electrons. The van der Waals surface area contributed by atoms with Gasteiger partial charge in [-0.25, -0.2) is 0 Å². The van der Waals surface area contributed by atoms with Crippen LogP contribution >= 0.6 is 23.5 Å². The zero-order chi connectivity index (χ0) is 19.8. The second kappa shape index (κ2) is 10.3. The van der Waals surface area contributed by atoms with Gasteiger partial charge in [0.15, 0.2) is 11.6 Å². The van der Waals surface area contributed by atoms with E-state index in [1.165, 1.54) is 6.08 Å². The molecule has 0 N–H and O–H groups in total. The number of hydrogen-bond acceptors (Lipinski definition) is 5. The Labute approximate surface area is 174 Å². The molecule has 3 nitrogen and oxygen atoms in total. The molecule has 0 atom stereocenters. The van der Waals surface area contributed by atoms with Crippen LogP contribution in [0.15, 0.2) is 70.5 Å². The minimum absolute atomic E-state index is 0.207. The van der Waals surface area contributed by atoms with Crippen LogP contribution in [-0.4, -0.2) is 30.2 Å². The molecule has 0 amide bonds. The van der Waals surface area contributed by atoms with Gasteiger partial charge in [0, 0.05) is 5.56 Å². The third-order valence-electron chi connectivity index (χ3n) is 4.26. The van der Waals surface area contributed by atoms with E-state index in [4.69, 9.17) is 4.74 Å². The number of carbonyl (C=O) groups is 2. The van der Waals surface area contributed by atoms with Gasteiger partial charge in [0.1, 0.15) is 5.75 Å². The molecule has 0 unspecified atom stereocenters. The maximum absolute atomic E-state index is 13.1. The van der Waals surface area contributed by atoms with Gasteiger partial charge in [-0.05, 0) is 48.1 Å². The highest BCUT2D eigenvalue weighted by Gasteiger charge is 2.24. The standard InChI is InChI=1S/C23H22O3S2/c1-26-19-12-9-17(10-13-19)11-14-20(24)21(23-27-15-5-6-16-28-23)22(25)18-7-3-2-4-8-18/h2-4,7-14H,5-6,15-16H2,1H3. The molecular formula is C23H22O3S2. The van der Waals surface area contributed by atoms with Crippen LogP contribution in [0.25, 0.3) is 6.08 Å². The first-order valence-corrected chi connectivity index (χ1v) is 11.1. The van der Waals surface area contributed by atoms with Crippen LogP contribution in [0.3, 0.4) is 0 Å². The number of thioether (sulfide) groups is 2. The number of methoxy groups -OCH3 is 1. The van der Waals surface area contributed by atoms with Gasteiger partial charge in [-0.3, -0.25) is 9.59 Å². The Morgan fingerprint density at radius 3 is 2.18 bits per heavy atom. The maximum Gasteiger partial charge on any atom is 0.198 e. The number of hydrogen-bond donors (Lipinski definition) is 0. The zero-order valence-corrected chi connectivity index (χ0v) is 17.4. The lowest BCUT2D eigenvalue weighted by Crippen LogP contribution is -2.13. The predicted molar refractivity (Wildman–Crippen MR) is 119 cm³/mol. The number of ether oxygens (including phenoxy) is 1. The normalized spacial score (nSPS) is 14.5. The average Bonchev–Trinajstić information content (AvgIpc) is 3.02. The molecule has 1 aliphatic heterocycles. The average molecular weight is 411 g/mol. The van der Waals surface area contributed by atoms with Gasteiger partial charge in [-0.15, -0.1) is 23.5 Å². The van der Waals surface area contributed by atoms with Crippen LogP contribution in [0.5, 0.6) is 5.75 Å². The number of carbonyl (C=O) groups excluding carboxylic acids is 2. The molecule has 0 aliphatic carbocycles. The molecule has 5 heteroatoms. The van der Waals surface area contributed by atoms with Crippen molar-refractivity contribution in [3.05, 3.63) is 81.6 Å². The van der Waals surface area contributed by atoms with Crippen LogP contribution in [0.2, 0.25) is 0 Å². The Kier molecular flexibility index (Phi) is 7.57. The number of ketones is 2. The summed E-state index contributed by atoms with van der Waals surface area (Å²) in [7, 11) is 1.62. The molecule has 0 radical (unpaired) electrons. The minimum atomic E-state index is -0.249. The monoisotopic (exact) mass is 410 g/mol. The lowest BCUT2D eigenvalue weighted by atomic mass is 10.0. The Balaban J connectivity index is 1.91. The Hall–Kier alpha value is -2.24. The first kappa shape index (κ1) is 20.5. The summed E-state index contributed by atoms with van der Waals surface area (Å²) in [6.07, 6.45) is 5.44. The lowest BCUT2D eigenvalue weighted by molar-refractivity contribution is -0.111. The molecule has 1 saturated heterocycles. The largest absolute Gasteiger partial charge is 0.497 e. The summed E-state index contributed by atoms with van der Waals surface area (Å²) in [5.74, 6) is 2.17. The van der Waals surface area contributed by atoms with E-state index in [-0.39, 0.29) is 17.1 Å². The van der Waals surface area contributed by atoms with Gasteiger partial charge in [0.05, 0.1) is 16.9 Å². The fourth-order valence-corrected chi connectivity index (χ4v) is 5.31. The molecule has 2 aromatic carbocycles. The van der Waals surface area contributed by atoms with Gasteiger partial charge in [0.25, 0.3) is 0 Å². The quantitative estimate of drug-likeness (QED) is 0.267. The van der Waals surface area contributed by atoms with Crippen LogP contribution in [0, 0.1) is 0 Å². The third kappa shape index (κ3) is 5.40. The molecule has 3 rings (SSSR count). The highest BCUT2D eigenvalue weighted by molar-refractivity contribution is 8.22.